The van der Waals surface area contributed by atoms with Crippen LogP contribution in [0.15, 0.2) is 12.2 Å². The highest BCUT2D eigenvalue weighted by molar-refractivity contribution is 5.66. The van der Waals surface area contributed by atoms with Crippen LogP contribution in [0.1, 0.15) is 117 Å². The van der Waals surface area contributed by atoms with Gasteiger partial charge in [-0.3, -0.25) is 9.59 Å². The van der Waals surface area contributed by atoms with Gasteiger partial charge in [0.15, 0.2) is 0 Å². The van der Waals surface area contributed by atoms with Crippen molar-refractivity contribution in [2.75, 3.05) is 13.2 Å². The summed E-state index contributed by atoms with van der Waals surface area (Å²) in [6.07, 6.45) is 24.5. The van der Waals surface area contributed by atoms with E-state index >= 15 is 0 Å². The van der Waals surface area contributed by atoms with E-state index in [1.807, 2.05) is 0 Å². The fraction of sp³-hybridized carbons (Fsp3) is 0.833. The molecule has 0 heterocycles. The zero-order valence-corrected chi connectivity index (χ0v) is 18.5. The summed E-state index contributed by atoms with van der Waals surface area (Å²) < 4.78 is 9.85. The lowest BCUT2D eigenvalue weighted by Crippen LogP contribution is -2.00. The van der Waals surface area contributed by atoms with Gasteiger partial charge in [0.2, 0.25) is 0 Å². The monoisotopic (exact) mass is 396 g/mol. The number of carbonyl (C=O) groups excluding carboxylic acids is 2. The summed E-state index contributed by atoms with van der Waals surface area (Å²) in [4.78, 5) is 21.2. The summed E-state index contributed by atoms with van der Waals surface area (Å²) in [5.41, 5.74) is 0. The molecular weight excluding hydrogens is 352 g/mol. The molecule has 0 aromatic rings. The highest BCUT2D eigenvalue weighted by Gasteiger charge is 1.95. The van der Waals surface area contributed by atoms with Gasteiger partial charge in [0, 0.05) is 13.8 Å². The second kappa shape index (κ2) is 22.0. The Bertz CT molecular complexity index is 354. The van der Waals surface area contributed by atoms with Crippen molar-refractivity contribution in [3.63, 3.8) is 0 Å². The molecule has 0 amide bonds. The van der Waals surface area contributed by atoms with E-state index < -0.39 is 0 Å². The standard InChI is InChI=1S/C24H44O4/c1-23(25)27-21-19-17-15-13-11-9-7-5-3-4-6-8-10-12-14-16-18-20-22-28-24(2)26/h3-4H,5-22H2,1-2H3/b4-3+. The molecule has 0 bridgehead atoms. The zero-order valence-electron chi connectivity index (χ0n) is 18.5. The van der Waals surface area contributed by atoms with Crippen LogP contribution in [0.4, 0.5) is 0 Å². The van der Waals surface area contributed by atoms with Crippen LogP contribution in [0.5, 0.6) is 0 Å². The molecule has 28 heavy (non-hydrogen) atoms. The molecule has 0 radical (unpaired) electrons. The minimum Gasteiger partial charge on any atom is -0.466 e. The van der Waals surface area contributed by atoms with E-state index in [0.29, 0.717) is 13.2 Å². The minimum atomic E-state index is -0.169. The first-order valence-corrected chi connectivity index (χ1v) is 11.5. The third-order valence-electron chi connectivity index (χ3n) is 4.81. The van der Waals surface area contributed by atoms with Gasteiger partial charge in [-0.25, -0.2) is 0 Å². The second-order valence-corrected chi connectivity index (χ2v) is 7.68. The minimum absolute atomic E-state index is 0.169. The van der Waals surface area contributed by atoms with Crippen LogP contribution in [0.2, 0.25) is 0 Å². The van der Waals surface area contributed by atoms with Gasteiger partial charge in [-0.1, -0.05) is 76.4 Å². The van der Waals surface area contributed by atoms with Crippen molar-refractivity contribution < 1.29 is 19.1 Å². The SMILES string of the molecule is CC(=O)OCCCCCCCCC/C=C/CCCCCCCCCOC(C)=O. The molecule has 0 aliphatic carbocycles. The lowest BCUT2D eigenvalue weighted by molar-refractivity contribution is -0.142. The normalized spacial score (nSPS) is 11.1. The van der Waals surface area contributed by atoms with Crippen molar-refractivity contribution in [3.05, 3.63) is 12.2 Å². The Labute approximate surface area is 173 Å². The molecule has 0 atom stereocenters. The molecule has 0 rings (SSSR count). The zero-order chi connectivity index (χ0) is 20.7. The predicted octanol–water partition coefficient (Wildman–Crippen LogP) is 6.91. The molecule has 0 fully saturated rings. The Balaban J connectivity index is 3.10. The van der Waals surface area contributed by atoms with Gasteiger partial charge in [0.05, 0.1) is 13.2 Å². The maximum absolute atomic E-state index is 10.6. The Kier molecular flexibility index (Phi) is 20.9. The highest BCUT2D eigenvalue weighted by Crippen LogP contribution is 2.11. The van der Waals surface area contributed by atoms with Crippen molar-refractivity contribution in [2.24, 2.45) is 0 Å². The van der Waals surface area contributed by atoms with E-state index in [9.17, 15) is 9.59 Å². The van der Waals surface area contributed by atoms with Gasteiger partial charge >= 0.3 is 11.9 Å². The number of ether oxygens (including phenoxy) is 2. The average Bonchev–Trinajstić information content (AvgIpc) is 2.65. The van der Waals surface area contributed by atoms with Gasteiger partial charge < -0.3 is 9.47 Å². The number of esters is 2. The molecule has 164 valence electrons. The van der Waals surface area contributed by atoms with E-state index in [-0.39, 0.29) is 11.9 Å². The number of unbranched alkanes of at least 4 members (excludes halogenated alkanes) is 14. The van der Waals surface area contributed by atoms with Crippen molar-refractivity contribution in [1.29, 1.82) is 0 Å². The van der Waals surface area contributed by atoms with Crippen LogP contribution in [-0.4, -0.2) is 25.2 Å². The van der Waals surface area contributed by atoms with Crippen LogP contribution < -0.4 is 0 Å². The van der Waals surface area contributed by atoms with Crippen molar-refractivity contribution >= 4 is 11.9 Å². The van der Waals surface area contributed by atoms with Crippen LogP contribution in [-0.2, 0) is 19.1 Å². The van der Waals surface area contributed by atoms with Crippen LogP contribution in [0, 0.1) is 0 Å². The maximum Gasteiger partial charge on any atom is 0.302 e. The first-order valence-electron chi connectivity index (χ1n) is 11.5. The van der Waals surface area contributed by atoms with Crippen molar-refractivity contribution in [2.45, 2.75) is 117 Å². The number of allylic oxidation sites excluding steroid dienone is 2. The van der Waals surface area contributed by atoms with E-state index in [1.54, 1.807) is 0 Å². The van der Waals surface area contributed by atoms with Gasteiger partial charge in [0.25, 0.3) is 0 Å². The molecular formula is C24H44O4. The molecule has 0 aliphatic heterocycles. The lowest BCUT2D eigenvalue weighted by atomic mass is 10.1. The molecule has 0 aromatic heterocycles. The van der Waals surface area contributed by atoms with E-state index in [2.05, 4.69) is 12.2 Å². The molecule has 0 unspecified atom stereocenters. The van der Waals surface area contributed by atoms with E-state index in [1.165, 1.54) is 104 Å². The number of hydrogen-bond acceptors (Lipinski definition) is 4. The Morgan fingerprint density at radius 3 is 1.11 bits per heavy atom. The number of hydrogen-bond donors (Lipinski definition) is 0. The average molecular weight is 397 g/mol. The van der Waals surface area contributed by atoms with Gasteiger partial charge in [-0.2, -0.15) is 0 Å². The molecule has 0 spiro atoms. The number of carbonyl (C=O) groups is 2. The molecule has 4 nitrogen and oxygen atoms in total. The maximum atomic E-state index is 10.6. The van der Waals surface area contributed by atoms with Crippen LogP contribution >= 0.6 is 0 Å². The topological polar surface area (TPSA) is 52.6 Å². The van der Waals surface area contributed by atoms with Gasteiger partial charge in [-0.05, 0) is 38.5 Å². The van der Waals surface area contributed by atoms with E-state index in [0.717, 1.165) is 12.8 Å². The van der Waals surface area contributed by atoms with Gasteiger partial charge in [0.1, 0.15) is 0 Å². The third kappa shape index (κ3) is 24.7. The lowest BCUT2D eigenvalue weighted by Gasteiger charge is -2.02. The summed E-state index contributed by atoms with van der Waals surface area (Å²) in [7, 11) is 0. The molecule has 4 heteroatoms. The van der Waals surface area contributed by atoms with Gasteiger partial charge in [-0.15, -0.1) is 0 Å². The quantitative estimate of drug-likeness (QED) is 0.127. The molecule has 0 aliphatic rings. The van der Waals surface area contributed by atoms with Crippen LogP contribution in [0.3, 0.4) is 0 Å². The fourth-order valence-corrected chi connectivity index (χ4v) is 3.16. The molecule has 0 aromatic carbocycles. The van der Waals surface area contributed by atoms with Crippen LogP contribution in [0.25, 0.3) is 0 Å². The van der Waals surface area contributed by atoms with E-state index in [4.69, 9.17) is 9.47 Å². The third-order valence-corrected chi connectivity index (χ3v) is 4.81. The molecule has 0 saturated heterocycles. The predicted molar refractivity (Wildman–Crippen MR) is 116 cm³/mol. The molecule has 0 N–H and O–H groups in total. The smallest absolute Gasteiger partial charge is 0.302 e. The summed E-state index contributed by atoms with van der Waals surface area (Å²) >= 11 is 0. The first-order chi connectivity index (χ1) is 13.6. The Hall–Kier alpha value is -1.32. The molecule has 0 saturated carbocycles. The summed E-state index contributed by atoms with van der Waals surface area (Å²) in [6, 6.07) is 0. The largest absolute Gasteiger partial charge is 0.466 e. The highest BCUT2D eigenvalue weighted by atomic mass is 16.5. The summed E-state index contributed by atoms with van der Waals surface area (Å²) in [5, 5.41) is 0. The second-order valence-electron chi connectivity index (χ2n) is 7.68. The van der Waals surface area contributed by atoms with Crippen molar-refractivity contribution in [1.82, 2.24) is 0 Å². The Morgan fingerprint density at radius 1 is 0.500 bits per heavy atom. The van der Waals surface area contributed by atoms with Crippen molar-refractivity contribution in [3.8, 4) is 0 Å². The Morgan fingerprint density at radius 2 is 0.786 bits per heavy atom. The first kappa shape index (κ1) is 26.7. The number of rotatable bonds is 20. The summed E-state index contributed by atoms with van der Waals surface area (Å²) in [5.74, 6) is -0.338. The summed E-state index contributed by atoms with van der Waals surface area (Å²) in [6.45, 7) is 4.10. The fourth-order valence-electron chi connectivity index (χ4n) is 3.16.